The Morgan fingerprint density at radius 3 is 2.68 bits per heavy atom. The predicted molar refractivity (Wildman–Crippen MR) is 101 cm³/mol. The number of ether oxygens (including phenoxy) is 1. The molecule has 0 aliphatic rings. The number of nitrogens with one attached hydrogen (secondary N) is 2. The van der Waals surface area contributed by atoms with Gasteiger partial charge in [0, 0.05) is 13.6 Å². The molecule has 0 radical (unpaired) electrons. The fourth-order valence-electron chi connectivity index (χ4n) is 2.59. The van der Waals surface area contributed by atoms with E-state index in [2.05, 4.69) is 21.7 Å². The van der Waals surface area contributed by atoms with E-state index in [1.54, 1.807) is 33.2 Å². The molecular formula is C20H26FN3O. The first-order chi connectivity index (χ1) is 12.0. The second kappa shape index (κ2) is 9.06. The van der Waals surface area contributed by atoms with Crippen molar-refractivity contribution in [3.8, 4) is 5.75 Å². The molecule has 5 heteroatoms. The summed E-state index contributed by atoms with van der Waals surface area (Å²) < 4.78 is 19.1. The summed E-state index contributed by atoms with van der Waals surface area (Å²) in [5.74, 6) is 1.38. The van der Waals surface area contributed by atoms with Gasteiger partial charge in [-0.25, -0.2) is 4.39 Å². The number of guanidine groups is 1. The van der Waals surface area contributed by atoms with Crippen LogP contribution in [0.3, 0.4) is 0 Å². The van der Waals surface area contributed by atoms with Crippen molar-refractivity contribution in [2.75, 3.05) is 20.7 Å². The van der Waals surface area contributed by atoms with Gasteiger partial charge in [0.25, 0.3) is 0 Å². The van der Waals surface area contributed by atoms with Gasteiger partial charge < -0.3 is 15.4 Å². The summed E-state index contributed by atoms with van der Waals surface area (Å²) >= 11 is 0. The van der Waals surface area contributed by atoms with Gasteiger partial charge in [0.2, 0.25) is 0 Å². The summed E-state index contributed by atoms with van der Waals surface area (Å²) in [5, 5.41) is 6.57. The summed E-state index contributed by atoms with van der Waals surface area (Å²) in [4.78, 5) is 4.24. The first-order valence-corrected chi connectivity index (χ1v) is 8.40. The molecule has 2 N–H and O–H groups in total. The largest absolute Gasteiger partial charge is 0.496 e. The van der Waals surface area contributed by atoms with E-state index in [1.807, 2.05) is 31.2 Å². The van der Waals surface area contributed by atoms with Crippen LogP contribution in [0, 0.1) is 12.7 Å². The molecule has 2 rings (SSSR count). The van der Waals surface area contributed by atoms with Crippen LogP contribution in [0.25, 0.3) is 0 Å². The van der Waals surface area contributed by atoms with Gasteiger partial charge in [0.05, 0.1) is 13.2 Å². The molecule has 1 atom stereocenters. The zero-order valence-corrected chi connectivity index (χ0v) is 15.3. The molecule has 0 aromatic heterocycles. The van der Waals surface area contributed by atoms with Gasteiger partial charge in [0.15, 0.2) is 5.96 Å². The smallest absolute Gasteiger partial charge is 0.191 e. The molecule has 2 aromatic rings. The molecule has 2 aromatic carbocycles. The van der Waals surface area contributed by atoms with Crippen molar-refractivity contribution in [1.82, 2.24) is 10.6 Å². The second-order valence-electron chi connectivity index (χ2n) is 5.94. The highest BCUT2D eigenvalue weighted by molar-refractivity contribution is 5.80. The van der Waals surface area contributed by atoms with Crippen LogP contribution in [0.4, 0.5) is 4.39 Å². The van der Waals surface area contributed by atoms with E-state index in [1.165, 1.54) is 0 Å². The van der Waals surface area contributed by atoms with E-state index in [9.17, 15) is 4.39 Å². The van der Waals surface area contributed by atoms with Gasteiger partial charge in [-0.05, 0) is 49.1 Å². The molecule has 134 valence electrons. The van der Waals surface area contributed by atoms with Crippen molar-refractivity contribution in [1.29, 1.82) is 0 Å². The van der Waals surface area contributed by atoms with E-state index in [0.717, 1.165) is 29.8 Å². The van der Waals surface area contributed by atoms with Crippen molar-refractivity contribution in [3.63, 3.8) is 0 Å². The van der Waals surface area contributed by atoms with E-state index in [0.29, 0.717) is 11.5 Å². The molecule has 0 bridgehead atoms. The first-order valence-electron chi connectivity index (χ1n) is 8.40. The Hall–Kier alpha value is -2.56. The number of aryl methyl sites for hydroxylation is 1. The van der Waals surface area contributed by atoms with Crippen molar-refractivity contribution in [2.45, 2.75) is 26.3 Å². The van der Waals surface area contributed by atoms with Crippen molar-refractivity contribution in [3.05, 3.63) is 65.0 Å². The molecule has 0 saturated carbocycles. The molecule has 0 spiro atoms. The molecule has 0 aliphatic heterocycles. The minimum Gasteiger partial charge on any atom is -0.496 e. The Kier molecular flexibility index (Phi) is 6.81. The summed E-state index contributed by atoms with van der Waals surface area (Å²) in [6.07, 6.45) is 0.818. The monoisotopic (exact) mass is 343 g/mol. The van der Waals surface area contributed by atoms with Gasteiger partial charge in [-0.15, -0.1) is 0 Å². The molecule has 0 heterocycles. The van der Waals surface area contributed by atoms with E-state index >= 15 is 0 Å². The van der Waals surface area contributed by atoms with E-state index in [-0.39, 0.29) is 11.9 Å². The van der Waals surface area contributed by atoms with Crippen LogP contribution in [0.2, 0.25) is 0 Å². The van der Waals surface area contributed by atoms with Gasteiger partial charge >= 0.3 is 0 Å². The summed E-state index contributed by atoms with van der Waals surface area (Å²) in [6, 6.07) is 13.2. The average molecular weight is 343 g/mol. The summed E-state index contributed by atoms with van der Waals surface area (Å²) in [7, 11) is 3.40. The topological polar surface area (TPSA) is 45.7 Å². The minimum atomic E-state index is -0.190. The van der Waals surface area contributed by atoms with Crippen molar-refractivity contribution >= 4 is 5.96 Å². The Labute approximate surface area is 149 Å². The normalized spacial score (nSPS) is 12.6. The third kappa shape index (κ3) is 5.21. The molecule has 0 aliphatic carbocycles. The number of benzene rings is 2. The zero-order valence-electron chi connectivity index (χ0n) is 15.3. The third-order valence-electron chi connectivity index (χ3n) is 4.15. The van der Waals surface area contributed by atoms with Crippen LogP contribution in [-0.2, 0) is 6.42 Å². The number of aliphatic imine (C=N–C) groups is 1. The van der Waals surface area contributed by atoms with E-state index in [4.69, 9.17) is 4.74 Å². The van der Waals surface area contributed by atoms with Crippen LogP contribution in [-0.4, -0.2) is 26.7 Å². The van der Waals surface area contributed by atoms with Gasteiger partial charge in [-0.1, -0.05) is 30.3 Å². The van der Waals surface area contributed by atoms with E-state index < -0.39 is 0 Å². The Morgan fingerprint density at radius 2 is 2.00 bits per heavy atom. The number of nitrogens with zero attached hydrogens (tertiary/aromatic N) is 1. The molecule has 0 saturated heterocycles. The maximum absolute atomic E-state index is 13.7. The lowest BCUT2D eigenvalue weighted by molar-refractivity contribution is 0.409. The number of halogens is 1. The summed E-state index contributed by atoms with van der Waals surface area (Å²) in [6.45, 7) is 4.46. The third-order valence-corrected chi connectivity index (χ3v) is 4.15. The number of para-hydroxylation sites is 1. The van der Waals surface area contributed by atoms with Crippen molar-refractivity contribution < 1.29 is 9.13 Å². The maximum atomic E-state index is 13.7. The zero-order chi connectivity index (χ0) is 18.2. The number of hydrogen-bond donors (Lipinski definition) is 2. The molecule has 1 unspecified atom stereocenters. The lowest BCUT2D eigenvalue weighted by Crippen LogP contribution is -2.39. The fraction of sp³-hybridized carbons (Fsp3) is 0.350. The standard InChI is InChI=1S/C20H26FN3O/c1-14-9-10-17(13-18(14)21)15(2)24-20(22-3)23-12-11-16-7-5-6-8-19(16)25-4/h5-10,13,15H,11-12H2,1-4H3,(H2,22,23,24). The Bertz CT molecular complexity index is 731. The quantitative estimate of drug-likeness (QED) is 0.622. The molecular weight excluding hydrogens is 317 g/mol. The molecule has 0 fully saturated rings. The van der Waals surface area contributed by atoms with Crippen molar-refractivity contribution in [2.24, 2.45) is 4.99 Å². The second-order valence-corrected chi connectivity index (χ2v) is 5.94. The number of rotatable bonds is 6. The van der Waals surface area contributed by atoms with Gasteiger partial charge in [-0.2, -0.15) is 0 Å². The van der Waals surface area contributed by atoms with Crippen LogP contribution in [0.5, 0.6) is 5.75 Å². The molecule has 0 amide bonds. The molecule has 4 nitrogen and oxygen atoms in total. The highest BCUT2D eigenvalue weighted by atomic mass is 19.1. The minimum absolute atomic E-state index is 0.0486. The lowest BCUT2D eigenvalue weighted by Gasteiger charge is -2.19. The predicted octanol–water partition coefficient (Wildman–Crippen LogP) is 3.61. The van der Waals surface area contributed by atoms with Crippen LogP contribution >= 0.6 is 0 Å². The lowest BCUT2D eigenvalue weighted by atomic mass is 10.1. The van der Waals surface area contributed by atoms with Gasteiger partial charge in [0.1, 0.15) is 11.6 Å². The van der Waals surface area contributed by atoms with Gasteiger partial charge in [-0.3, -0.25) is 4.99 Å². The van der Waals surface area contributed by atoms with Crippen LogP contribution < -0.4 is 15.4 Å². The SMILES string of the molecule is CN=C(NCCc1ccccc1OC)NC(C)c1ccc(C)c(F)c1. The van der Waals surface area contributed by atoms with Crippen LogP contribution in [0.1, 0.15) is 29.7 Å². The summed E-state index contributed by atoms with van der Waals surface area (Å²) in [5.41, 5.74) is 2.67. The number of methoxy groups -OCH3 is 1. The maximum Gasteiger partial charge on any atom is 0.191 e. The average Bonchev–Trinajstić information content (AvgIpc) is 2.63. The Morgan fingerprint density at radius 1 is 1.24 bits per heavy atom. The van der Waals surface area contributed by atoms with Crippen LogP contribution in [0.15, 0.2) is 47.5 Å². The fourth-order valence-corrected chi connectivity index (χ4v) is 2.59. The highest BCUT2D eigenvalue weighted by Gasteiger charge is 2.10. The number of hydrogen-bond acceptors (Lipinski definition) is 2. The molecule has 25 heavy (non-hydrogen) atoms. The Balaban J connectivity index is 1.91. The first kappa shape index (κ1) is 18.8. The highest BCUT2D eigenvalue weighted by Crippen LogP contribution is 2.18.